The van der Waals surface area contributed by atoms with E-state index in [1.54, 1.807) is 26.4 Å². The Morgan fingerprint density at radius 1 is 1.07 bits per heavy atom. The smallest absolute Gasteiger partial charge is 0.241 e. The van der Waals surface area contributed by atoms with E-state index in [1.807, 2.05) is 24.3 Å². The summed E-state index contributed by atoms with van der Waals surface area (Å²) in [6.07, 6.45) is 3.08. The first-order valence-electron chi connectivity index (χ1n) is 10.2. The number of hydrogen-bond acceptors (Lipinski definition) is 6. The molecule has 0 saturated carbocycles. The van der Waals surface area contributed by atoms with Crippen LogP contribution in [0.25, 0.3) is 11.4 Å². The van der Waals surface area contributed by atoms with E-state index in [2.05, 4.69) is 15.0 Å². The lowest BCUT2D eigenvalue weighted by atomic mass is 9.90. The summed E-state index contributed by atoms with van der Waals surface area (Å²) in [5.74, 6) is 2.84. The van der Waals surface area contributed by atoms with Crippen LogP contribution in [0.4, 0.5) is 4.39 Å². The van der Waals surface area contributed by atoms with E-state index in [9.17, 15) is 4.39 Å². The number of benzene rings is 2. The molecule has 1 saturated heterocycles. The summed E-state index contributed by atoms with van der Waals surface area (Å²) in [5.41, 5.74) is 1.89. The number of rotatable bonds is 7. The van der Waals surface area contributed by atoms with Gasteiger partial charge in [0.05, 0.1) is 20.8 Å². The summed E-state index contributed by atoms with van der Waals surface area (Å²) < 4.78 is 29.5. The zero-order chi connectivity index (χ0) is 20.9. The topological polar surface area (TPSA) is 60.6 Å². The molecule has 0 radical (unpaired) electrons. The van der Waals surface area contributed by atoms with Crippen LogP contribution in [0, 0.1) is 11.7 Å². The molecule has 4 rings (SSSR count). The minimum absolute atomic E-state index is 0.161. The minimum atomic E-state index is -0.161. The van der Waals surface area contributed by atoms with Crippen molar-refractivity contribution in [2.75, 3.05) is 27.3 Å². The van der Waals surface area contributed by atoms with Crippen molar-refractivity contribution in [2.24, 2.45) is 5.92 Å². The van der Waals surface area contributed by atoms with E-state index >= 15 is 0 Å². The van der Waals surface area contributed by atoms with Gasteiger partial charge in [0, 0.05) is 5.56 Å². The van der Waals surface area contributed by atoms with Gasteiger partial charge in [0.2, 0.25) is 11.7 Å². The molecular formula is C23H26FN3O3. The van der Waals surface area contributed by atoms with Gasteiger partial charge in [-0.3, -0.25) is 4.90 Å². The Hall–Kier alpha value is -2.93. The minimum Gasteiger partial charge on any atom is -0.493 e. The summed E-state index contributed by atoms with van der Waals surface area (Å²) in [6.45, 7) is 2.56. The molecule has 1 aromatic heterocycles. The van der Waals surface area contributed by atoms with Crippen LogP contribution < -0.4 is 9.47 Å². The van der Waals surface area contributed by atoms with Gasteiger partial charge in [-0.15, -0.1) is 0 Å². The molecule has 2 heterocycles. The molecule has 0 bridgehead atoms. The van der Waals surface area contributed by atoms with Gasteiger partial charge in [-0.1, -0.05) is 17.3 Å². The number of aromatic nitrogens is 2. The predicted octanol–water partition coefficient (Wildman–Crippen LogP) is 4.35. The molecule has 2 aromatic carbocycles. The van der Waals surface area contributed by atoms with E-state index in [-0.39, 0.29) is 5.82 Å². The third kappa shape index (κ3) is 4.79. The van der Waals surface area contributed by atoms with Gasteiger partial charge < -0.3 is 14.0 Å². The summed E-state index contributed by atoms with van der Waals surface area (Å²) in [4.78, 5) is 6.87. The first kappa shape index (κ1) is 20.3. The lowest BCUT2D eigenvalue weighted by Gasteiger charge is -2.31. The molecule has 1 aliphatic heterocycles. The highest BCUT2D eigenvalue weighted by Crippen LogP contribution is 2.31. The Morgan fingerprint density at radius 2 is 1.87 bits per heavy atom. The van der Waals surface area contributed by atoms with Crippen LogP contribution in [0.3, 0.4) is 0 Å². The molecular weight excluding hydrogens is 385 g/mol. The van der Waals surface area contributed by atoms with Crippen molar-refractivity contribution in [3.8, 4) is 22.9 Å². The first-order chi connectivity index (χ1) is 14.6. The van der Waals surface area contributed by atoms with Gasteiger partial charge in [-0.2, -0.15) is 4.98 Å². The number of piperidine rings is 1. The molecule has 3 aromatic rings. The van der Waals surface area contributed by atoms with Crippen LogP contribution in [-0.2, 0) is 13.0 Å². The summed E-state index contributed by atoms with van der Waals surface area (Å²) in [5, 5.41) is 4.12. The fourth-order valence-electron chi connectivity index (χ4n) is 3.95. The maximum atomic E-state index is 13.4. The van der Waals surface area contributed by atoms with E-state index in [4.69, 9.17) is 14.0 Å². The second kappa shape index (κ2) is 9.26. The van der Waals surface area contributed by atoms with E-state index < -0.39 is 0 Å². The van der Waals surface area contributed by atoms with Crippen LogP contribution in [0.5, 0.6) is 11.5 Å². The van der Waals surface area contributed by atoms with Crippen molar-refractivity contribution < 1.29 is 18.4 Å². The van der Waals surface area contributed by atoms with Gasteiger partial charge in [0.15, 0.2) is 11.5 Å². The van der Waals surface area contributed by atoms with Gasteiger partial charge >= 0.3 is 0 Å². The second-order valence-corrected chi connectivity index (χ2v) is 7.64. The maximum Gasteiger partial charge on any atom is 0.241 e. The van der Waals surface area contributed by atoms with E-state index in [0.717, 1.165) is 43.5 Å². The first-order valence-corrected chi connectivity index (χ1v) is 10.2. The largest absolute Gasteiger partial charge is 0.493 e. The second-order valence-electron chi connectivity index (χ2n) is 7.64. The van der Waals surface area contributed by atoms with E-state index in [1.165, 1.54) is 6.07 Å². The molecule has 0 amide bonds. The standard InChI is InChI=1S/C23H26FN3O3/c1-28-20-7-6-18(14-21(20)29-2)23-25-22(30-26-23)15-27-10-8-16(9-11-27)12-17-4-3-5-19(24)13-17/h3-7,13-14,16H,8-12,15H2,1-2H3. The van der Waals surface area contributed by atoms with Crippen LogP contribution in [0.1, 0.15) is 24.3 Å². The lowest BCUT2D eigenvalue weighted by Crippen LogP contribution is -2.34. The fraction of sp³-hybridized carbons (Fsp3) is 0.391. The zero-order valence-corrected chi connectivity index (χ0v) is 17.3. The number of hydrogen-bond donors (Lipinski definition) is 0. The van der Waals surface area contributed by atoms with Crippen molar-refractivity contribution in [1.82, 2.24) is 15.0 Å². The highest BCUT2D eigenvalue weighted by Gasteiger charge is 2.22. The molecule has 0 aliphatic carbocycles. The number of ether oxygens (including phenoxy) is 2. The third-order valence-corrected chi connectivity index (χ3v) is 5.59. The molecule has 0 N–H and O–H groups in total. The Balaban J connectivity index is 1.33. The quantitative estimate of drug-likeness (QED) is 0.576. The summed E-state index contributed by atoms with van der Waals surface area (Å²) in [7, 11) is 3.20. The van der Waals surface area contributed by atoms with Gasteiger partial charge in [0.1, 0.15) is 5.82 Å². The van der Waals surface area contributed by atoms with Crippen molar-refractivity contribution in [1.29, 1.82) is 0 Å². The average molecular weight is 411 g/mol. The Morgan fingerprint density at radius 3 is 2.60 bits per heavy atom. The van der Waals surface area contributed by atoms with Gasteiger partial charge in [0.25, 0.3) is 0 Å². The Kier molecular flexibility index (Phi) is 6.28. The van der Waals surface area contributed by atoms with Crippen molar-refractivity contribution >= 4 is 0 Å². The number of likely N-dealkylation sites (tertiary alicyclic amines) is 1. The monoisotopic (exact) mass is 411 g/mol. The molecule has 6 nitrogen and oxygen atoms in total. The molecule has 158 valence electrons. The highest BCUT2D eigenvalue weighted by atomic mass is 19.1. The molecule has 1 fully saturated rings. The maximum absolute atomic E-state index is 13.4. The molecule has 7 heteroatoms. The Labute approximate surface area is 175 Å². The van der Waals surface area contributed by atoms with Crippen molar-refractivity contribution in [2.45, 2.75) is 25.8 Å². The predicted molar refractivity (Wildman–Crippen MR) is 111 cm³/mol. The number of nitrogens with zero attached hydrogens (tertiary/aromatic N) is 3. The summed E-state index contributed by atoms with van der Waals surface area (Å²) in [6, 6.07) is 12.5. The van der Waals surface area contributed by atoms with Crippen LogP contribution >= 0.6 is 0 Å². The summed E-state index contributed by atoms with van der Waals surface area (Å²) >= 11 is 0. The third-order valence-electron chi connectivity index (χ3n) is 5.59. The van der Waals surface area contributed by atoms with Gasteiger partial charge in [-0.05, 0) is 74.2 Å². The average Bonchev–Trinajstić information content (AvgIpc) is 3.23. The molecule has 0 atom stereocenters. The van der Waals surface area contributed by atoms with Crippen LogP contribution in [0.2, 0.25) is 0 Å². The zero-order valence-electron chi connectivity index (χ0n) is 17.3. The Bertz CT molecular complexity index is 983. The molecule has 0 unspecified atom stereocenters. The fourth-order valence-corrected chi connectivity index (χ4v) is 3.95. The van der Waals surface area contributed by atoms with Crippen LogP contribution in [-0.4, -0.2) is 42.3 Å². The highest BCUT2D eigenvalue weighted by molar-refractivity contribution is 5.60. The van der Waals surface area contributed by atoms with Crippen molar-refractivity contribution in [3.63, 3.8) is 0 Å². The molecule has 30 heavy (non-hydrogen) atoms. The number of methoxy groups -OCH3 is 2. The van der Waals surface area contributed by atoms with Crippen molar-refractivity contribution in [3.05, 3.63) is 59.7 Å². The van der Waals surface area contributed by atoms with Crippen LogP contribution in [0.15, 0.2) is 47.0 Å². The van der Waals surface area contributed by atoms with Gasteiger partial charge in [-0.25, -0.2) is 4.39 Å². The normalized spacial score (nSPS) is 15.3. The molecule has 0 spiro atoms. The number of halogens is 1. The molecule has 1 aliphatic rings. The van der Waals surface area contributed by atoms with E-state index in [0.29, 0.717) is 35.7 Å². The SMILES string of the molecule is COc1ccc(-c2noc(CN3CCC(Cc4cccc(F)c4)CC3)n2)cc1OC. The lowest BCUT2D eigenvalue weighted by molar-refractivity contribution is 0.159.